The molecule has 0 bridgehead atoms. The van der Waals surface area contributed by atoms with Crippen LogP contribution in [0.3, 0.4) is 0 Å². The number of benzene rings is 2. The van der Waals surface area contributed by atoms with E-state index >= 15 is 0 Å². The maximum absolute atomic E-state index is 9.48. The number of carboxylic acid groups (broad SMARTS) is 2. The fourth-order valence-electron chi connectivity index (χ4n) is 2.10. The molecule has 0 atom stereocenters. The van der Waals surface area contributed by atoms with Gasteiger partial charge in [-0.05, 0) is 53.7 Å². The van der Waals surface area contributed by atoms with E-state index in [0.29, 0.717) is 13.1 Å². The minimum Gasteiger partial charge on any atom is -0.508 e. The number of hydrogen-bond acceptors (Lipinski definition) is 14. The fraction of sp³-hybridized carbons (Fsp3) is 0.562. The molecule has 14 N–H and O–H groups in total. The Balaban J connectivity index is -0.0000000632. The first-order valence-corrected chi connectivity index (χ1v) is 14.3. The van der Waals surface area contributed by atoms with E-state index in [2.05, 4.69) is 10.6 Å². The second kappa shape index (κ2) is 46.1. The average molecular weight is 875 g/mol. The zero-order valence-corrected chi connectivity index (χ0v) is 33.7. The molecule has 0 amide bonds. The van der Waals surface area contributed by atoms with Gasteiger partial charge >= 0.3 is 0 Å². The van der Waals surface area contributed by atoms with Crippen LogP contribution in [0.15, 0.2) is 48.5 Å². The third-order valence-corrected chi connectivity index (χ3v) is 4.29. The third kappa shape index (κ3) is 70.4. The molecule has 0 spiro atoms. The number of aliphatic hydroxyl groups excluding tert-OH is 6. The first-order chi connectivity index (χ1) is 22.0. The molecule has 0 unspecified atom stereocenters. The van der Waals surface area contributed by atoms with Gasteiger partial charge in [-0.3, -0.25) is 9.59 Å². The molecule has 0 aliphatic carbocycles. The summed E-state index contributed by atoms with van der Waals surface area (Å²) in [6.45, 7) is 13.6. The quantitative estimate of drug-likeness (QED) is 0.127. The van der Waals surface area contributed by atoms with Crippen molar-refractivity contribution in [3.8, 4) is 11.5 Å². The van der Waals surface area contributed by atoms with Gasteiger partial charge in [0.05, 0.1) is 13.2 Å². The molecule has 0 radical (unpaired) electrons. The molecule has 0 saturated carbocycles. The van der Waals surface area contributed by atoms with E-state index in [1.807, 2.05) is 52.0 Å². The van der Waals surface area contributed by atoms with Gasteiger partial charge in [0.1, 0.15) is 24.1 Å². The Morgan fingerprint density at radius 3 is 0.922 bits per heavy atom. The molecule has 0 aromatic heterocycles. The smallest absolute Gasteiger partial charge is 0.300 e. The van der Waals surface area contributed by atoms with Crippen LogP contribution >= 0.6 is 0 Å². The van der Waals surface area contributed by atoms with Crippen LogP contribution in [0.5, 0.6) is 11.5 Å². The normalized spacial score (nSPS) is 9.02. The molecule has 16 nitrogen and oxygen atoms in total. The first-order valence-electron chi connectivity index (χ1n) is 14.3. The van der Waals surface area contributed by atoms with E-state index < -0.39 is 24.5 Å². The van der Waals surface area contributed by atoms with Crippen LogP contribution < -0.4 is 10.6 Å². The molecule has 2 aromatic rings. The number of aromatic hydroxyl groups is 2. The van der Waals surface area contributed by atoms with E-state index in [0.717, 1.165) is 39.2 Å². The number of aliphatic carboxylic acids is 2. The van der Waals surface area contributed by atoms with Crippen LogP contribution in [-0.2, 0) is 72.2 Å². The third-order valence-electron chi connectivity index (χ3n) is 4.29. The number of nitrogens with one attached hydrogen (secondary N) is 2. The average Bonchev–Trinajstić information content (AvgIpc) is 2.98. The van der Waals surface area contributed by atoms with E-state index in [4.69, 9.17) is 60.7 Å². The van der Waals surface area contributed by atoms with Crippen LogP contribution in [0.2, 0.25) is 0 Å². The Hall–Kier alpha value is -1.94. The van der Waals surface area contributed by atoms with Gasteiger partial charge in [0.15, 0.2) is 0 Å². The van der Waals surface area contributed by atoms with Crippen molar-refractivity contribution >= 4 is 11.9 Å². The number of aliphatic hydroxyl groups is 8. The maximum Gasteiger partial charge on any atom is 0.300 e. The Labute approximate surface area is 332 Å². The number of phenols is 2. The van der Waals surface area contributed by atoms with Gasteiger partial charge in [-0.15, -0.1) is 0 Å². The number of hydrogen-bond donors (Lipinski definition) is 14. The molecule has 2 aromatic carbocycles. The zero-order chi connectivity index (χ0) is 39.5. The van der Waals surface area contributed by atoms with Crippen molar-refractivity contribution in [2.75, 3.05) is 27.4 Å². The molecule has 2 rings (SSSR count). The van der Waals surface area contributed by atoms with Crippen molar-refractivity contribution < 1.29 is 120 Å². The summed E-state index contributed by atoms with van der Waals surface area (Å²) in [4.78, 5) is 18.0. The van der Waals surface area contributed by atoms with Gasteiger partial charge in [-0.25, -0.2) is 0 Å². The summed E-state index contributed by atoms with van der Waals surface area (Å²) in [6.07, 6.45) is -2.33. The van der Waals surface area contributed by atoms with Crippen LogP contribution in [0.1, 0.15) is 66.5 Å². The van der Waals surface area contributed by atoms with Crippen LogP contribution in [0.4, 0.5) is 0 Å². The van der Waals surface area contributed by atoms with Gasteiger partial charge in [-0.1, -0.05) is 36.4 Å². The number of phenolic OH excluding ortho intramolecular Hbond substituents is 2. The SMILES string of the molecule is CC(=O)O.CC(=O)O.CC(C)(CO)NCc1ccccc1O.CC(C)(CO)NCc1ccccc1O.CC(O)O.CC(O)O.CO.CO.[Ni].[Ni].[Ni]. The summed E-state index contributed by atoms with van der Waals surface area (Å²) < 4.78 is 0. The van der Waals surface area contributed by atoms with Gasteiger partial charge in [0.2, 0.25) is 0 Å². The summed E-state index contributed by atoms with van der Waals surface area (Å²) in [7, 11) is 2.00. The second-order valence-corrected chi connectivity index (χ2v) is 10.4. The van der Waals surface area contributed by atoms with Gasteiger partial charge in [0, 0.05) is 113 Å². The minimum absolute atomic E-state index is 0. The number of rotatable bonds is 8. The predicted molar refractivity (Wildman–Crippen MR) is 183 cm³/mol. The first kappa shape index (κ1) is 70.6. The molecule has 0 aliphatic heterocycles. The van der Waals surface area contributed by atoms with Gasteiger partial charge < -0.3 is 71.9 Å². The van der Waals surface area contributed by atoms with Crippen molar-refractivity contribution in [3.05, 3.63) is 59.7 Å². The molecule has 19 heteroatoms. The molecule has 0 saturated heterocycles. The van der Waals surface area contributed by atoms with Crippen molar-refractivity contribution in [2.24, 2.45) is 0 Å². The molecule has 0 fully saturated rings. The minimum atomic E-state index is -1.17. The summed E-state index contributed by atoms with van der Waals surface area (Å²) in [5.74, 6) is -1.09. The monoisotopic (exact) mass is 872 g/mol. The van der Waals surface area contributed by atoms with Crippen LogP contribution in [0.25, 0.3) is 0 Å². The largest absolute Gasteiger partial charge is 0.508 e. The maximum atomic E-state index is 9.48. The van der Waals surface area contributed by atoms with E-state index in [1.54, 1.807) is 24.3 Å². The molecule has 314 valence electrons. The van der Waals surface area contributed by atoms with Crippen molar-refractivity contribution in [1.82, 2.24) is 10.6 Å². The second-order valence-electron chi connectivity index (χ2n) is 10.4. The molecule has 51 heavy (non-hydrogen) atoms. The molecule has 0 heterocycles. The number of carbonyl (C=O) groups is 2. The van der Waals surface area contributed by atoms with Crippen molar-refractivity contribution in [2.45, 2.75) is 92.1 Å². The summed E-state index contributed by atoms with van der Waals surface area (Å²) in [5.41, 5.74) is 1.05. The standard InChI is InChI=1S/2C11H17NO2.2C2H6O2.2C2H4O2.2CH4O.3Ni/c2*1-11(2,8-13)12-7-9-5-3-4-6-10(9)14;4*1-2(3)4;2*1-2;;;/h2*3-6,12-14H,7-8H2,1-2H3;2*2-4H,1H3;2*1H3,(H,3,4);2*2H,1H3;;;. The number of para-hydroxylation sites is 2. The predicted octanol–water partition coefficient (Wildman–Crippen LogP) is 0.531. The van der Waals surface area contributed by atoms with Crippen molar-refractivity contribution in [1.29, 1.82) is 0 Å². The summed E-state index contributed by atoms with van der Waals surface area (Å²) in [6, 6.07) is 14.4. The number of carboxylic acids is 2. The fourth-order valence-corrected chi connectivity index (χ4v) is 2.10. The zero-order valence-electron chi connectivity index (χ0n) is 30.7. The van der Waals surface area contributed by atoms with E-state index in [9.17, 15) is 10.2 Å². The molecule has 0 aliphatic rings. The topological polar surface area (TPSA) is 301 Å². The molecular formula is C32H62N2Ni3O14. The Morgan fingerprint density at radius 1 is 0.588 bits per heavy atom. The van der Waals surface area contributed by atoms with Crippen LogP contribution in [-0.4, -0.2) is 124 Å². The Morgan fingerprint density at radius 2 is 0.765 bits per heavy atom. The Bertz CT molecular complexity index is 928. The van der Waals surface area contributed by atoms with E-state index in [-0.39, 0.29) is 85.3 Å². The van der Waals surface area contributed by atoms with Crippen LogP contribution in [0, 0.1) is 0 Å². The summed E-state index contributed by atoms with van der Waals surface area (Å²) in [5, 5.41) is 103. The Kier molecular flexibility index (Phi) is 63.8. The summed E-state index contributed by atoms with van der Waals surface area (Å²) >= 11 is 0. The molecular weight excluding hydrogens is 812 g/mol. The van der Waals surface area contributed by atoms with Gasteiger partial charge in [0.25, 0.3) is 11.9 Å². The van der Waals surface area contributed by atoms with E-state index in [1.165, 1.54) is 13.8 Å². The van der Waals surface area contributed by atoms with Crippen molar-refractivity contribution in [3.63, 3.8) is 0 Å². The van der Waals surface area contributed by atoms with Gasteiger partial charge in [-0.2, -0.15) is 0 Å².